The highest BCUT2D eigenvalue weighted by molar-refractivity contribution is 8.26. The molecule has 1 amide bonds. The smallest absolute Gasteiger partial charge is 0.305 e. The van der Waals surface area contributed by atoms with Gasteiger partial charge in [0.1, 0.15) is 4.32 Å². The number of unbranched alkanes of at least 4 members (excludes halogenated alkanes) is 4. The molecule has 1 aliphatic rings. The highest BCUT2D eigenvalue weighted by Crippen LogP contribution is 2.35. The number of amides is 1. The van der Waals surface area contributed by atoms with Crippen LogP contribution in [0.3, 0.4) is 0 Å². The zero-order valence-corrected chi connectivity index (χ0v) is 20.7. The Morgan fingerprint density at radius 3 is 2.66 bits per heavy atom. The van der Waals surface area contributed by atoms with Gasteiger partial charge in [0.2, 0.25) is 0 Å². The van der Waals surface area contributed by atoms with E-state index in [1.165, 1.54) is 42.3 Å². The summed E-state index contributed by atoms with van der Waals surface area (Å²) in [4.78, 5) is 25.2. The average molecular weight is 480 g/mol. The molecule has 1 aromatic rings. The van der Waals surface area contributed by atoms with Crippen molar-refractivity contribution in [2.24, 2.45) is 0 Å². The molecule has 1 N–H and O–H groups in total. The first-order valence-electron chi connectivity index (χ1n) is 11.3. The van der Waals surface area contributed by atoms with Crippen molar-refractivity contribution in [1.29, 1.82) is 0 Å². The second-order valence-electron chi connectivity index (χ2n) is 7.75. The number of carboxylic acids is 1. The Hall–Kier alpha value is -2.06. The molecule has 0 bridgehead atoms. The van der Waals surface area contributed by atoms with Gasteiger partial charge in [-0.15, -0.1) is 0 Å². The van der Waals surface area contributed by atoms with Crippen LogP contribution >= 0.6 is 24.0 Å². The van der Waals surface area contributed by atoms with Gasteiger partial charge in [0.05, 0.1) is 24.0 Å². The summed E-state index contributed by atoms with van der Waals surface area (Å²) >= 11 is 6.43. The molecule has 6 nitrogen and oxygen atoms in total. The lowest BCUT2D eigenvalue weighted by molar-refractivity contribution is -0.137. The second kappa shape index (κ2) is 13.5. The third-order valence-electron chi connectivity index (χ3n) is 5.03. The van der Waals surface area contributed by atoms with Crippen LogP contribution in [0, 0.1) is 0 Å². The van der Waals surface area contributed by atoms with Crippen LogP contribution in [-0.4, -0.2) is 45.5 Å². The quantitative estimate of drug-likeness (QED) is 0.203. The molecule has 1 fully saturated rings. The van der Waals surface area contributed by atoms with Gasteiger partial charge >= 0.3 is 5.97 Å². The van der Waals surface area contributed by atoms with Gasteiger partial charge in [0, 0.05) is 6.54 Å². The lowest BCUT2D eigenvalue weighted by Crippen LogP contribution is -2.30. The van der Waals surface area contributed by atoms with Crippen LogP contribution in [0.15, 0.2) is 23.1 Å². The third kappa shape index (κ3) is 8.13. The predicted octanol–water partition coefficient (Wildman–Crippen LogP) is 5.89. The summed E-state index contributed by atoms with van der Waals surface area (Å²) in [6.45, 7) is 6.78. The molecular formula is C24H33NO5S2. The van der Waals surface area contributed by atoms with Crippen molar-refractivity contribution >= 4 is 46.3 Å². The van der Waals surface area contributed by atoms with Crippen LogP contribution in [-0.2, 0) is 9.59 Å². The van der Waals surface area contributed by atoms with Crippen molar-refractivity contribution in [1.82, 2.24) is 4.90 Å². The first-order valence-corrected chi connectivity index (χ1v) is 12.5. The van der Waals surface area contributed by atoms with Gasteiger partial charge in [-0.2, -0.15) is 0 Å². The molecule has 1 saturated heterocycles. The number of thioether (sulfide) groups is 1. The molecule has 0 radical (unpaired) electrons. The fourth-order valence-electron chi connectivity index (χ4n) is 3.34. The molecule has 0 aromatic heterocycles. The van der Waals surface area contributed by atoms with Crippen molar-refractivity contribution in [2.45, 2.75) is 71.8 Å². The van der Waals surface area contributed by atoms with E-state index in [0.29, 0.717) is 27.3 Å². The highest BCUT2D eigenvalue weighted by atomic mass is 32.2. The maximum Gasteiger partial charge on any atom is 0.305 e. The number of nitrogens with zero attached hydrogens (tertiary/aromatic N) is 1. The van der Waals surface area contributed by atoms with Crippen molar-refractivity contribution in [3.63, 3.8) is 0 Å². The summed E-state index contributed by atoms with van der Waals surface area (Å²) in [7, 11) is 0. The fraction of sp³-hybridized carbons (Fsp3) is 0.542. The van der Waals surface area contributed by atoms with E-state index in [1.54, 1.807) is 6.08 Å². The number of thiocarbonyl (C=S) groups is 1. The summed E-state index contributed by atoms with van der Waals surface area (Å²) < 4.78 is 12.3. The molecule has 0 saturated carbocycles. The molecule has 1 aliphatic heterocycles. The Bertz CT molecular complexity index is 840. The van der Waals surface area contributed by atoms with Crippen LogP contribution in [0.4, 0.5) is 0 Å². The van der Waals surface area contributed by atoms with Crippen LogP contribution in [0.5, 0.6) is 11.5 Å². The minimum Gasteiger partial charge on any atom is -0.490 e. The summed E-state index contributed by atoms with van der Waals surface area (Å²) in [6.07, 6.45) is 8.86. The Labute approximate surface area is 200 Å². The first-order chi connectivity index (χ1) is 15.3. The van der Waals surface area contributed by atoms with Gasteiger partial charge in [0.25, 0.3) is 5.91 Å². The monoisotopic (exact) mass is 479 g/mol. The number of ether oxygens (including phenoxy) is 2. The molecule has 0 aliphatic carbocycles. The lowest BCUT2D eigenvalue weighted by atomic mass is 10.1. The number of hydrogen-bond donors (Lipinski definition) is 1. The first kappa shape index (κ1) is 26.2. The van der Waals surface area contributed by atoms with Crippen molar-refractivity contribution in [3.05, 3.63) is 28.7 Å². The normalized spacial score (nSPS) is 16.0. The van der Waals surface area contributed by atoms with E-state index < -0.39 is 5.97 Å². The maximum absolute atomic E-state index is 12.6. The number of carboxylic acid groups (broad SMARTS) is 1. The number of hydrogen-bond acceptors (Lipinski definition) is 6. The standard InChI is InChI=1S/C24H33NO5S2/c1-4-6-7-8-9-10-17(3)30-19-12-11-18(15-20(19)29-5-2)16-21-23(28)25(24(31)32-21)14-13-22(26)27/h11-12,15-17H,4-10,13-14H2,1-3H3,(H,26,27). The minimum absolute atomic E-state index is 0.0741. The zero-order valence-electron chi connectivity index (χ0n) is 19.1. The van der Waals surface area contributed by atoms with E-state index in [4.69, 9.17) is 26.8 Å². The number of carbonyl (C=O) groups excluding carboxylic acids is 1. The second-order valence-corrected chi connectivity index (χ2v) is 9.42. The van der Waals surface area contributed by atoms with Crippen LogP contribution in [0.1, 0.15) is 71.3 Å². The van der Waals surface area contributed by atoms with Crippen LogP contribution in [0.2, 0.25) is 0 Å². The molecule has 0 spiro atoms. The highest BCUT2D eigenvalue weighted by Gasteiger charge is 2.32. The largest absolute Gasteiger partial charge is 0.490 e. The van der Waals surface area contributed by atoms with Crippen LogP contribution in [0.25, 0.3) is 6.08 Å². The summed E-state index contributed by atoms with van der Waals surface area (Å²) in [5, 5.41) is 8.87. The van der Waals surface area contributed by atoms with Gasteiger partial charge in [-0.25, -0.2) is 0 Å². The van der Waals surface area contributed by atoms with E-state index in [-0.39, 0.29) is 25.0 Å². The number of rotatable bonds is 14. The topological polar surface area (TPSA) is 76.1 Å². The molecule has 1 aromatic carbocycles. The number of benzene rings is 1. The van der Waals surface area contributed by atoms with Gasteiger partial charge in [-0.05, 0) is 50.5 Å². The molecule has 1 atom stereocenters. The fourth-order valence-corrected chi connectivity index (χ4v) is 4.65. The van der Waals surface area contributed by atoms with E-state index in [9.17, 15) is 9.59 Å². The molecule has 1 heterocycles. The Morgan fingerprint density at radius 1 is 1.22 bits per heavy atom. The number of aliphatic carboxylic acids is 1. The Balaban J connectivity index is 2.06. The molecule has 32 heavy (non-hydrogen) atoms. The average Bonchev–Trinajstić information content (AvgIpc) is 3.00. The van der Waals surface area contributed by atoms with Crippen molar-refractivity contribution < 1.29 is 24.2 Å². The van der Waals surface area contributed by atoms with Crippen molar-refractivity contribution in [2.75, 3.05) is 13.2 Å². The van der Waals surface area contributed by atoms with Gasteiger partial charge in [0.15, 0.2) is 11.5 Å². The van der Waals surface area contributed by atoms with E-state index in [0.717, 1.165) is 18.4 Å². The van der Waals surface area contributed by atoms with E-state index in [2.05, 4.69) is 13.8 Å². The molecule has 176 valence electrons. The van der Waals surface area contributed by atoms with Gasteiger partial charge < -0.3 is 14.6 Å². The van der Waals surface area contributed by atoms with Crippen molar-refractivity contribution in [3.8, 4) is 11.5 Å². The summed E-state index contributed by atoms with van der Waals surface area (Å²) in [5.41, 5.74) is 0.798. The lowest BCUT2D eigenvalue weighted by Gasteiger charge is -2.18. The SMILES string of the molecule is CCCCCCCC(C)Oc1ccc(C=C2SC(=S)N(CCC(=O)O)C2=O)cc1OCC. The van der Waals surface area contributed by atoms with E-state index in [1.807, 2.05) is 25.1 Å². The molecular weight excluding hydrogens is 446 g/mol. The third-order valence-corrected chi connectivity index (χ3v) is 6.41. The molecule has 8 heteroatoms. The summed E-state index contributed by atoms with van der Waals surface area (Å²) in [5.74, 6) is 0.103. The molecule has 1 unspecified atom stereocenters. The minimum atomic E-state index is -0.963. The van der Waals surface area contributed by atoms with Gasteiger partial charge in [-0.1, -0.05) is 62.7 Å². The van der Waals surface area contributed by atoms with Crippen LogP contribution < -0.4 is 9.47 Å². The predicted molar refractivity (Wildman–Crippen MR) is 133 cm³/mol. The number of carbonyl (C=O) groups is 2. The Morgan fingerprint density at radius 2 is 1.97 bits per heavy atom. The zero-order chi connectivity index (χ0) is 23.5. The maximum atomic E-state index is 12.6. The van der Waals surface area contributed by atoms with Gasteiger partial charge in [-0.3, -0.25) is 14.5 Å². The van der Waals surface area contributed by atoms with E-state index >= 15 is 0 Å². The summed E-state index contributed by atoms with van der Waals surface area (Å²) in [6, 6.07) is 5.61. The Kier molecular flexibility index (Phi) is 11.0. The molecule has 2 rings (SSSR count).